The third-order valence-electron chi connectivity index (χ3n) is 7.22. The molecule has 4 rings (SSSR count). The minimum atomic E-state index is -0.0718. The molecular weight excluding hydrogens is 418 g/mol. The Kier molecular flexibility index (Phi) is 10.6. The molecule has 1 saturated carbocycles. The molecule has 34 heavy (non-hydrogen) atoms. The molecule has 4 nitrogen and oxygen atoms in total. The van der Waals surface area contributed by atoms with Crippen LogP contribution < -0.4 is 4.90 Å². The average Bonchev–Trinajstić information content (AvgIpc) is 2.85. The van der Waals surface area contributed by atoms with Crippen molar-refractivity contribution in [3.05, 3.63) is 65.7 Å². The van der Waals surface area contributed by atoms with Gasteiger partial charge in [-0.05, 0) is 61.4 Å². The molecule has 2 fully saturated rings. The van der Waals surface area contributed by atoms with Crippen LogP contribution in [0.25, 0.3) is 0 Å². The van der Waals surface area contributed by atoms with Gasteiger partial charge in [0.2, 0.25) is 0 Å². The predicted molar refractivity (Wildman–Crippen MR) is 141 cm³/mol. The number of Topliss-reactive ketones (excluding diaryl/α,β-unsaturated/α-hetero) is 1. The Morgan fingerprint density at radius 3 is 2.24 bits per heavy atom. The van der Waals surface area contributed by atoms with Crippen LogP contribution in [-0.2, 0) is 11.2 Å². The lowest BCUT2D eigenvalue weighted by atomic mass is 9.81. The molecule has 0 amide bonds. The fourth-order valence-corrected chi connectivity index (χ4v) is 5.02. The highest BCUT2D eigenvalue weighted by Gasteiger charge is 2.21. The quantitative estimate of drug-likeness (QED) is 0.501. The Morgan fingerprint density at radius 2 is 1.62 bits per heavy atom. The molecule has 2 aromatic carbocycles. The number of piperazine rings is 1. The Hall–Kier alpha value is -2.64. The summed E-state index contributed by atoms with van der Waals surface area (Å²) in [5.41, 5.74) is 4.20. The molecule has 1 aliphatic heterocycles. The first-order valence-electron chi connectivity index (χ1n) is 13.0. The molecule has 1 aliphatic carbocycles. The van der Waals surface area contributed by atoms with Gasteiger partial charge in [-0.2, -0.15) is 5.26 Å². The van der Waals surface area contributed by atoms with Crippen LogP contribution in [0.15, 0.2) is 54.6 Å². The molecule has 0 N–H and O–H groups in total. The van der Waals surface area contributed by atoms with Crippen molar-refractivity contribution in [2.75, 3.05) is 37.6 Å². The molecule has 182 valence electrons. The molecule has 0 radical (unpaired) electrons. The third-order valence-corrected chi connectivity index (χ3v) is 7.22. The first-order chi connectivity index (χ1) is 16.5. The minimum Gasteiger partial charge on any atom is -0.369 e. The van der Waals surface area contributed by atoms with Crippen molar-refractivity contribution < 1.29 is 4.79 Å². The van der Waals surface area contributed by atoms with Gasteiger partial charge in [-0.3, -0.25) is 9.69 Å². The van der Waals surface area contributed by atoms with Crippen LogP contribution in [0.5, 0.6) is 0 Å². The van der Waals surface area contributed by atoms with E-state index in [1.165, 1.54) is 75.5 Å². The first kappa shape index (κ1) is 26.0. The smallest absolute Gasteiger partial charge is 0.143 e. The number of benzene rings is 2. The van der Waals surface area contributed by atoms with E-state index < -0.39 is 0 Å². The molecule has 4 heteroatoms. The molecule has 2 aromatic rings. The van der Waals surface area contributed by atoms with Crippen LogP contribution in [0.2, 0.25) is 0 Å². The zero-order chi connectivity index (χ0) is 24.2. The zero-order valence-electron chi connectivity index (χ0n) is 21.1. The van der Waals surface area contributed by atoms with E-state index in [1.54, 1.807) is 6.07 Å². The summed E-state index contributed by atoms with van der Waals surface area (Å²) in [6.07, 6.45) is 8.33. The largest absolute Gasteiger partial charge is 0.369 e. The monoisotopic (exact) mass is 459 g/mol. The molecule has 0 bridgehead atoms. The van der Waals surface area contributed by atoms with Gasteiger partial charge in [0.25, 0.3) is 0 Å². The summed E-state index contributed by atoms with van der Waals surface area (Å²) in [4.78, 5) is 15.1. The number of hydrogen-bond donors (Lipinski definition) is 0. The van der Waals surface area contributed by atoms with Gasteiger partial charge in [0.1, 0.15) is 5.78 Å². The lowest BCUT2D eigenvalue weighted by Crippen LogP contribution is -2.47. The van der Waals surface area contributed by atoms with Gasteiger partial charge < -0.3 is 4.90 Å². The number of anilines is 1. The standard InChI is InChI=1S/C26H36N2.C4H5NO/c1-22-10-12-23(13-11-22)14-15-27-16-18-28(19-17-27)26-9-5-8-25(21-26)20-24-6-3-2-4-7-24;1-4(6)2-3-5/h2-9,21-23H,10-20H2,1H3;2H2,1H3. The lowest BCUT2D eigenvalue weighted by molar-refractivity contribution is -0.116. The van der Waals surface area contributed by atoms with Crippen LogP contribution in [0.1, 0.15) is 63.5 Å². The van der Waals surface area contributed by atoms with Crippen LogP contribution in [-0.4, -0.2) is 43.4 Å². The fraction of sp³-hybridized carbons (Fsp3) is 0.533. The van der Waals surface area contributed by atoms with Crippen molar-refractivity contribution in [1.29, 1.82) is 5.26 Å². The molecule has 0 atom stereocenters. The lowest BCUT2D eigenvalue weighted by Gasteiger charge is -2.37. The zero-order valence-corrected chi connectivity index (χ0v) is 21.1. The summed E-state index contributed by atoms with van der Waals surface area (Å²) in [5.74, 6) is 1.89. The SMILES string of the molecule is CC(=O)CC#N.CC1CCC(CCN2CCN(c3cccc(Cc4ccccc4)c3)CC2)CC1. The number of hydrogen-bond acceptors (Lipinski definition) is 4. The summed E-state index contributed by atoms with van der Waals surface area (Å²) >= 11 is 0. The molecule has 0 spiro atoms. The van der Waals surface area contributed by atoms with Gasteiger partial charge >= 0.3 is 0 Å². The molecular formula is C30H41N3O. The topological polar surface area (TPSA) is 47.3 Å². The number of ketones is 1. The van der Waals surface area contributed by atoms with Crippen molar-refractivity contribution in [2.45, 2.75) is 58.8 Å². The highest BCUT2D eigenvalue weighted by molar-refractivity contribution is 5.77. The Morgan fingerprint density at radius 1 is 0.941 bits per heavy atom. The van der Waals surface area contributed by atoms with E-state index in [0.717, 1.165) is 31.3 Å². The van der Waals surface area contributed by atoms with E-state index in [-0.39, 0.29) is 12.2 Å². The number of nitrogens with zero attached hydrogens (tertiary/aromatic N) is 3. The maximum atomic E-state index is 9.82. The summed E-state index contributed by atoms with van der Waals surface area (Å²) in [7, 11) is 0. The second-order valence-electron chi connectivity index (χ2n) is 10.1. The Bertz CT molecular complexity index is 904. The van der Waals surface area contributed by atoms with Gasteiger partial charge in [-0.1, -0.05) is 75.1 Å². The van der Waals surface area contributed by atoms with Crippen molar-refractivity contribution in [3.63, 3.8) is 0 Å². The van der Waals surface area contributed by atoms with Crippen molar-refractivity contribution in [2.24, 2.45) is 11.8 Å². The van der Waals surface area contributed by atoms with E-state index in [2.05, 4.69) is 71.3 Å². The van der Waals surface area contributed by atoms with Crippen molar-refractivity contribution in [3.8, 4) is 6.07 Å². The third kappa shape index (κ3) is 8.95. The second-order valence-corrected chi connectivity index (χ2v) is 10.1. The van der Waals surface area contributed by atoms with Crippen LogP contribution in [0.4, 0.5) is 5.69 Å². The average molecular weight is 460 g/mol. The van der Waals surface area contributed by atoms with Gasteiger partial charge in [-0.15, -0.1) is 0 Å². The maximum Gasteiger partial charge on any atom is 0.143 e. The number of rotatable bonds is 7. The highest BCUT2D eigenvalue weighted by atomic mass is 16.1. The van der Waals surface area contributed by atoms with Crippen molar-refractivity contribution in [1.82, 2.24) is 4.90 Å². The predicted octanol–water partition coefficient (Wildman–Crippen LogP) is 6.10. The fourth-order valence-electron chi connectivity index (χ4n) is 5.02. The Labute approximate surface area is 206 Å². The van der Waals surface area contributed by atoms with Crippen LogP contribution in [0.3, 0.4) is 0 Å². The summed E-state index contributed by atoms with van der Waals surface area (Å²) < 4.78 is 0. The van der Waals surface area contributed by atoms with Crippen molar-refractivity contribution >= 4 is 11.5 Å². The van der Waals surface area contributed by atoms with Crippen LogP contribution in [0, 0.1) is 23.2 Å². The number of carbonyl (C=O) groups is 1. The highest BCUT2D eigenvalue weighted by Crippen LogP contribution is 2.30. The molecule has 1 heterocycles. The van der Waals surface area contributed by atoms with Gasteiger partial charge in [0, 0.05) is 31.9 Å². The molecule has 1 saturated heterocycles. The molecule has 0 aromatic heterocycles. The summed E-state index contributed by atoms with van der Waals surface area (Å²) in [6.45, 7) is 9.87. The molecule has 2 aliphatic rings. The summed E-state index contributed by atoms with van der Waals surface area (Å²) in [5, 5.41) is 7.77. The van der Waals surface area contributed by atoms with E-state index in [0.29, 0.717) is 0 Å². The van der Waals surface area contributed by atoms with E-state index in [1.807, 2.05) is 0 Å². The Balaban J connectivity index is 0.000000481. The van der Waals surface area contributed by atoms with Gasteiger partial charge in [-0.25, -0.2) is 0 Å². The minimum absolute atomic E-state index is 0.0417. The normalized spacial score (nSPS) is 20.7. The van der Waals surface area contributed by atoms with Gasteiger partial charge in [0.05, 0.1) is 12.5 Å². The van der Waals surface area contributed by atoms with E-state index in [4.69, 9.17) is 5.26 Å². The summed E-state index contributed by atoms with van der Waals surface area (Å²) in [6, 6.07) is 21.7. The van der Waals surface area contributed by atoms with E-state index in [9.17, 15) is 4.79 Å². The number of nitriles is 1. The van der Waals surface area contributed by atoms with Crippen LogP contribution >= 0.6 is 0 Å². The van der Waals surface area contributed by atoms with Gasteiger partial charge in [0.15, 0.2) is 0 Å². The number of carbonyl (C=O) groups excluding carboxylic acids is 1. The first-order valence-corrected chi connectivity index (χ1v) is 13.0. The maximum absolute atomic E-state index is 9.82. The second kappa shape index (κ2) is 13.9. The molecule has 0 unspecified atom stereocenters. The van der Waals surface area contributed by atoms with E-state index >= 15 is 0 Å².